The lowest BCUT2D eigenvalue weighted by Crippen LogP contribution is -2.41. The third kappa shape index (κ3) is 6.30. The van der Waals surface area contributed by atoms with Crippen molar-refractivity contribution < 1.29 is 9.53 Å². The van der Waals surface area contributed by atoms with E-state index in [4.69, 9.17) is 4.74 Å². The van der Waals surface area contributed by atoms with Crippen LogP contribution in [-0.4, -0.2) is 17.7 Å². The second-order valence-corrected chi connectivity index (χ2v) is 9.09. The van der Waals surface area contributed by atoms with E-state index in [2.05, 4.69) is 45.6 Å². The zero-order chi connectivity index (χ0) is 25.5. The third-order valence-corrected chi connectivity index (χ3v) is 6.47. The van der Waals surface area contributed by atoms with Crippen LogP contribution in [0.15, 0.2) is 114 Å². The molecule has 4 aromatic carbocycles. The van der Waals surface area contributed by atoms with Crippen molar-refractivity contribution in [2.45, 2.75) is 32.0 Å². The smallest absolute Gasteiger partial charge is 0.258 e. The van der Waals surface area contributed by atoms with Crippen LogP contribution in [0, 0.1) is 0 Å². The molecule has 0 saturated carbocycles. The second kappa shape index (κ2) is 11.6. The fraction of sp³-hybridized carbons (Fsp3) is 0.161. The summed E-state index contributed by atoms with van der Waals surface area (Å²) in [4.78, 5) is 12.8. The Morgan fingerprint density at radius 3 is 2.32 bits per heavy atom. The molecule has 2 atom stereocenters. The Hall–Kier alpha value is -4.26. The zero-order valence-electron chi connectivity index (χ0n) is 20.7. The molecule has 0 radical (unpaired) electrons. The van der Waals surface area contributed by atoms with Gasteiger partial charge in [-0.15, -0.1) is 0 Å². The van der Waals surface area contributed by atoms with Crippen molar-refractivity contribution in [3.05, 3.63) is 126 Å². The Kier molecular flexibility index (Phi) is 7.69. The number of hydrogen-bond donors (Lipinski definition) is 3. The first-order valence-corrected chi connectivity index (χ1v) is 12.4. The maximum Gasteiger partial charge on any atom is 0.258 e. The van der Waals surface area contributed by atoms with E-state index in [1.165, 1.54) is 5.56 Å². The molecule has 0 spiro atoms. The van der Waals surface area contributed by atoms with Crippen LogP contribution in [0.5, 0.6) is 5.75 Å². The van der Waals surface area contributed by atoms with Gasteiger partial charge in [-0.25, -0.2) is 16.3 Å². The summed E-state index contributed by atoms with van der Waals surface area (Å²) in [5.74, 6) is 0.626. The minimum absolute atomic E-state index is 0.00775. The van der Waals surface area contributed by atoms with E-state index in [9.17, 15) is 4.79 Å². The topological polar surface area (TPSA) is 74.8 Å². The molecule has 1 aliphatic rings. The molecule has 6 heteroatoms. The number of amides is 1. The number of benzene rings is 4. The van der Waals surface area contributed by atoms with Crippen molar-refractivity contribution in [1.29, 1.82) is 0 Å². The van der Waals surface area contributed by atoms with Crippen molar-refractivity contribution in [2.75, 3.05) is 0 Å². The minimum atomic E-state index is -0.393. The average molecular weight is 491 g/mol. The van der Waals surface area contributed by atoms with Gasteiger partial charge in [-0.2, -0.15) is 5.10 Å². The molecular weight excluding hydrogens is 460 g/mol. The zero-order valence-corrected chi connectivity index (χ0v) is 20.7. The van der Waals surface area contributed by atoms with Crippen LogP contribution in [0.25, 0.3) is 11.1 Å². The predicted octanol–water partition coefficient (Wildman–Crippen LogP) is 5.38. The molecule has 2 unspecified atom stereocenters. The largest absolute Gasteiger partial charge is 0.489 e. The van der Waals surface area contributed by atoms with Gasteiger partial charge in [-0.1, -0.05) is 97.1 Å². The monoisotopic (exact) mass is 490 g/mol. The fourth-order valence-corrected chi connectivity index (χ4v) is 4.32. The summed E-state index contributed by atoms with van der Waals surface area (Å²) in [5, 5.41) is 4.34. The van der Waals surface area contributed by atoms with E-state index in [0.29, 0.717) is 13.0 Å². The van der Waals surface area contributed by atoms with Crippen LogP contribution in [0.1, 0.15) is 36.1 Å². The summed E-state index contributed by atoms with van der Waals surface area (Å²) < 4.78 is 5.96. The van der Waals surface area contributed by atoms with Gasteiger partial charge in [0.2, 0.25) is 0 Å². The van der Waals surface area contributed by atoms with Crippen molar-refractivity contribution in [2.24, 2.45) is 5.10 Å². The van der Waals surface area contributed by atoms with E-state index in [0.717, 1.165) is 33.7 Å². The van der Waals surface area contributed by atoms with Gasteiger partial charge in [0.15, 0.2) is 0 Å². The first-order chi connectivity index (χ1) is 18.2. The van der Waals surface area contributed by atoms with Gasteiger partial charge in [0.25, 0.3) is 5.91 Å². The number of nitrogens with zero attached hydrogens (tertiary/aromatic N) is 1. The maximum atomic E-state index is 12.8. The van der Waals surface area contributed by atoms with Crippen LogP contribution < -0.4 is 21.0 Å². The SMILES string of the molecule is C/C(=N\NC(=O)C1CC(c2cccc(OCc3ccccc3)c2)NN1)c1ccc(-c2ccccc2)cc1. The first-order valence-electron chi connectivity index (χ1n) is 12.4. The number of hydrazine groups is 1. The average Bonchev–Trinajstić information content (AvgIpc) is 3.47. The van der Waals surface area contributed by atoms with Crippen LogP contribution in [0.2, 0.25) is 0 Å². The highest BCUT2D eigenvalue weighted by atomic mass is 16.5. The summed E-state index contributed by atoms with van der Waals surface area (Å²) in [7, 11) is 0. The fourth-order valence-electron chi connectivity index (χ4n) is 4.32. The first kappa shape index (κ1) is 24.4. The number of nitrogens with one attached hydrogen (secondary N) is 3. The molecular formula is C31H30N4O2. The van der Waals surface area contributed by atoms with Gasteiger partial charge in [-0.3, -0.25) is 4.79 Å². The summed E-state index contributed by atoms with van der Waals surface area (Å²) >= 11 is 0. The maximum absolute atomic E-state index is 12.8. The molecule has 0 aromatic heterocycles. The molecule has 0 aliphatic carbocycles. The molecule has 6 nitrogen and oxygen atoms in total. The number of carbonyl (C=O) groups is 1. The number of ether oxygens (including phenoxy) is 1. The highest BCUT2D eigenvalue weighted by Gasteiger charge is 2.30. The molecule has 1 amide bonds. The molecule has 37 heavy (non-hydrogen) atoms. The van der Waals surface area contributed by atoms with Crippen LogP contribution >= 0.6 is 0 Å². The van der Waals surface area contributed by atoms with Gasteiger partial charge in [0, 0.05) is 6.04 Å². The standard InChI is InChI=1S/C31H30N4O2/c1-22(24-15-17-26(18-16-24)25-11-6-3-7-12-25)32-35-31(36)30-20-29(33-34-30)27-13-8-14-28(19-27)37-21-23-9-4-2-5-10-23/h2-19,29-30,33-34H,20-21H2,1H3,(H,35,36)/b32-22+. The van der Waals surface area contributed by atoms with Crippen LogP contribution in [0.3, 0.4) is 0 Å². The highest BCUT2D eigenvalue weighted by Crippen LogP contribution is 2.26. The Balaban J connectivity index is 1.15. The predicted molar refractivity (Wildman–Crippen MR) is 147 cm³/mol. The highest BCUT2D eigenvalue weighted by molar-refractivity contribution is 5.99. The molecule has 186 valence electrons. The second-order valence-electron chi connectivity index (χ2n) is 9.09. The Morgan fingerprint density at radius 1 is 0.865 bits per heavy atom. The van der Waals surface area contributed by atoms with E-state index >= 15 is 0 Å². The number of hydrogen-bond acceptors (Lipinski definition) is 5. The summed E-state index contributed by atoms with van der Waals surface area (Å²) in [6.45, 7) is 2.40. The van der Waals surface area contributed by atoms with Gasteiger partial charge in [-0.05, 0) is 53.3 Å². The molecule has 3 N–H and O–H groups in total. The minimum Gasteiger partial charge on any atom is -0.489 e. The third-order valence-electron chi connectivity index (χ3n) is 6.47. The molecule has 1 fully saturated rings. The Labute approximate surface area is 217 Å². The van der Waals surface area contributed by atoms with Gasteiger partial charge >= 0.3 is 0 Å². The normalized spacial score (nSPS) is 17.4. The number of hydrazone groups is 1. The summed E-state index contributed by atoms with van der Waals surface area (Å²) in [5.41, 5.74) is 15.2. The lowest BCUT2D eigenvalue weighted by molar-refractivity contribution is -0.122. The quantitative estimate of drug-likeness (QED) is 0.229. The molecule has 1 saturated heterocycles. The lowest BCUT2D eigenvalue weighted by Gasteiger charge is -2.12. The van der Waals surface area contributed by atoms with E-state index in [-0.39, 0.29) is 11.9 Å². The van der Waals surface area contributed by atoms with E-state index in [1.54, 1.807) is 0 Å². The molecule has 4 aromatic rings. The van der Waals surface area contributed by atoms with Crippen LogP contribution in [-0.2, 0) is 11.4 Å². The van der Waals surface area contributed by atoms with Gasteiger partial charge < -0.3 is 4.74 Å². The van der Waals surface area contributed by atoms with E-state index in [1.807, 2.05) is 91.9 Å². The van der Waals surface area contributed by atoms with Gasteiger partial charge in [0.1, 0.15) is 18.4 Å². The van der Waals surface area contributed by atoms with Crippen molar-refractivity contribution in [1.82, 2.24) is 16.3 Å². The van der Waals surface area contributed by atoms with Gasteiger partial charge in [0.05, 0.1) is 5.71 Å². The Morgan fingerprint density at radius 2 is 1.57 bits per heavy atom. The van der Waals surface area contributed by atoms with E-state index < -0.39 is 6.04 Å². The lowest BCUT2D eigenvalue weighted by atomic mass is 10.0. The summed E-state index contributed by atoms with van der Waals surface area (Å²) in [6, 6.07) is 36.0. The molecule has 1 aliphatic heterocycles. The molecule has 1 heterocycles. The molecule has 5 rings (SSSR count). The number of carbonyl (C=O) groups excluding carboxylic acids is 1. The molecule has 0 bridgehead atoms. The van der Waals surface area contributed by atoms with Crippen molar-refractivity contribution in [3.8, 4) is 16.9 Å². The number of rotatable bonds is 8. The van der Waals surface area contributed by atoms with Crippen molar-refractivity contribution >= 4 is 11.6 Å². The van der Waals surface area contributed by atoms with Crippen LogP contribution in [0.4, 0.5) is 0 Å². The Bertz CT molecular complexity index is 1360. The summed E-state index contributed by atoms with van der Waals surface area (Å²) in [6.07, 6.45) is 0.605. The van der Waals surface area contributed by atoms with Crippen molar-refractivity contribution in [3.63, 3.8) is 0 Å².